The van der Waals surface area contributed by atoms with E-state index in [2.05, 4.69) is 4.74 Å². The number of ketones is 1. The normalized spacial score (nSPS) is 11.5. The summed E-state index contributed by atoms with van der Waals surface area (Å²) >= 11 is 0. The molecule has 0 aliphatic rings. The molecule has 0 spiro atoms. The number of aromatic hydroxyl groups is 1. The third-order valence-electron chi connectivity index (χ3n) is 2.75. The number of carbonyl (C=O) groups excluding carboxylic acids is 1. The average Bonchev–Trinajstić information content (AvgIpc) is 2.47. The van der Waals surface area contributed by atoms with Crippen LogP contribution in [0, 0.1) is 0 Å². The Bertz CT molecular complexity index is 651. The van der Waals surface area contributed by atoms with Gasteiger partial charge in [-0.2, -0.15) is 17.6 Å². The molecule has 3 nitrogen and oxygen atoms in total. The second-order valence-corrected chi connectivity index (χ2v) is 4.36. The van der Waals surface area contributed by atoms with Crippen LogP contribution >= 0.6 is 0 Å². The van der Waals surface area contributed by atoms with E-state index < -0.39 is 24.1 Å². The average molecular weight is 314 g/mol. The third-order valence-corrected chi connectivity index (χ3v) is 2.75. The highest BCUT2D eigenvalue weighted by atomic mass is 19.3. The predicted octanol–water partition coefficient (Wildman–Crippen LogP) is 3.86. The molecule has 7 heteroatoms. The van der Waals surface area contributed by atoms with E-state index in [0.29, 0.717) is 0 Å². The molecule has 0 bridgehead atoms. The summed E-state index contributed by atoms with van der Waals surface area (Å²) in [5.41, 5.74) is 0.447. The van der Waals surface area contributed by atoms with Gasteiger partial charge in [0.25, 0.3) is 0 Å². The zero-order valence-electron chi connectivity index (χ0n) is 11.0. The lowest BCUT2D eigenvalue weighted by Crippen LogP contribution is -2.33. The van der Waals surface area contributed by atoms with Crippen molar-refractivity contribution in [2.24, 2.45) is 0 Å². The minimum absolute atomic E-state index is 0.00507. The molecule has 0 aliphatic carbocycles. The first-order valence-corrected chi connectivity index (χ1v) is 6.08. The Morgan fingerprint density at radius 3 is 1.86 bits per heavy atom. The van der Waals surface area contributed by atoms with Gasteiger partial charge in [0.1, 0.15) is 11.5 Å². The molecule has 0 amide bonds. The van der Waals surface area contributed by atoms with Crippen LogP contribution < -0.4 is 4.74 Å². The Morgan fingerprint density at radius 2 is 1.41 bits per heavy atom. The first kappa shape index (κ1) is 15.8. The second-order valence-electron chi connectivity index (χ2n) is 4.36. The Morgan fingerprint density at radius 1 is 0.955 bits per heavy atom. The van der Waals surface area contributed by atoms with Crippen molar-refractivity contribution in [1.82, 2.24) is 0 Å². The molecule has 2 aromatic carbocycles. The number of ether oxygens (including phenoxy) is 1. The van der Waals surface area contributed by atoms with Crippen molar-refractivity contribution in [3.8, 4) is 11.5 Å². The smallest absolute Gasteiger partial charge is 0.461 e. The number of benzene rings is 2. The van der Waals surface area contributed by atoms with Crippen molar-refractivity contribution in [3.63, 3.8) is 0 Å². The topological polar surface area (TPSA) is 46.5 Å². The van der Waals surface area contributed by atoms with Crippen LogP contribution in [0.3, 0.4) is 0 Å². The molecular formula is C15H10F4O3. The van der Waals surface area contributed by atoms with Gasteiger partial charge in [-0.15, -0.1) is 0 Å². The van der Waals surface area contributed by atoms with Crippen LogP contribution in [0.5, 0.6) is 11.5 Å². The van der Waals surface area contributed by atoms with Crippen molar-refractivity contribution < 1.29 is 32.2 Å². The van der Waals surface area contributed by atoms with Crippen LogP contribution in [-0.4, -0.2) is 23.4 Å². The maximum absolute atomic E-state index is 12.7. The molecule has 0 fully saturated rings. The summed E-state index contributed by atoms with van der Waals surface area (Å²) in [6, 6.07) is 9.83. The maximum Gasteiger partial charge on any atom is 0.461 e. The van der Waals surface area contributed by atoms with Gasteiger partial charge in [-0.25, -0.2) is 0 Å². The summed E-state index contributed by atoms with van der Waals surface area (Å²) in [7, 11) is 0. The number of halogens is 4. The van der Waals surface area contributed by atoms with Crippen molar-refractivity contribution in [3.05, 3.63) is 59.7 Å². The lowest BCUT2D eigenvalue weighted by molar-refractivity contribution is -0.253. The number of hydrogen-bond donors (Lipinski definition) is 1. The van der Waals surface area contributed by atoms with Crippen molar-refractivity contribution in [1.29, 1.82) is 0 Å². The molecule has 1 N–H and O–H groups in total. The minimum Gasteiger partial charge on any atom is -0.508 e. The fraction of sp³-hybridized carbons (Fsp3) is 0.133. The molecule has 0 unspecified atom stereocenters. The van der Waals surface area contributed by atoms with Gasteiger partial charge < -0.3 is 9.84 Å². The number of alkyl halides is 4. The summed E-state index contributed by atoms with van der Waals surface area (Å²) in [6.07, 6.45) is -8.55. The molecule has 0 heterocycles. The number of phenols is 1. The van der Waals surface area contributed by atoms with Gasteiger partial charge in [0, 0.05) is 11.1 Å². The van der Waals surface area contributed by atoms with E-state index in [9.17, 15) is 22.4 Å². The van der Waals surface area contributed by atoms with E-state index in [1.54, 1.807) is 0 Å². The van der Waals surface area contributed by atoms with E-state index in [1.165, 1.54) is 36.4 Å². The summed E-state index contributed by atoms with van der Waals surface area (Å²) in [5.74, 6) is -0.894. The zero-order valence-corrected chi connectivity index (χ0v) is 11.0. The highest BCUT2D eigenvalue weighted by Gasteiger charge is 2.43. The molecule has 116 valence electrons. The Balaban J connectivity index is 2.15. The van der Waals surface area contributed by atoms with Crippen LogP contribution in [0.25, 0.3) is 0 Å². The van der Waals surface area contributed by atoms with E-state index >= 15 is 0 Å². The van der Waals surface area contributed by atoms with E-state index in [1.807, 2.05) is 0 Å². The molecule has 2 rings (SSSR count). The van der Waals surface area contributed by atoms with Crippen molar-refractivity contribution in [2.75, 3.05) is 0 Å². The fourth-order valence-electron chi connectivity index (χ4n) is 1.66. The summed E-state index contributed by atoms with van der Waals surface area (Å²) in [5, 5.41) is 9.14. The first-order chi connectivity index (χ1) is 10.3. The summed E-state index contributed by atoms with van der Waals surface area (Å²) in [4.78, 5) is 12.1. The first-order valence-electron chi connectivity index (χ1n) is 6.08. The third kappa shape index (κ3) is 3.55. The Hall–Kier alpha value is -2.57. The predicted molar refractivity (Wildman–Crippen MR) is 69.6 cm³/mol. The number of hydrogen-bond acceptors (Lipinski definition) is 3. The number of rotatable bonds is 5. The molecule has 0 saturated carbocycles. The van der Waals surface area contributed by atoms with E-state index in [0.717, 1.165) is 12.1 Å². The Kier molecular flexibility index (Phi) is 4.35. The number of carbonyl (C=O) groups is 1. The van der Waals surface area contributed by atoms with E-state index in [-0.39, 0.29) is 16.9 Å². The highest BCUT2D eigenvalue weighted by molar-refractivity contribution is 6.09. The van der Waals surface area contributed by atoms with Gasteiger partial charge >= 0.3 is 12.5 Å². The van der Waals surface area contributed by atoms with Crippen molar-refractivity contribution in [2.45, 2.75) is 12.5 Å². The van der Waals surface area contributed by atoms with Crippen molar-refractivity contribution >= 4 is 5.78 Å². The van der Waals surface area contributed by atoms with Gasteiger partial charge in [0.15, 0.2) is 5.78 Å². The van der Waals surface area contributed by atoms with Gasteiger partial charge in [-0.1, -0.05) is 0 Å². The van der Waals surface area contributed by atoms with Crippen LogP contribution in [0.2, 0.25) is 0 Å². The zero-order chi connectivity index (χ0) is 16.3. The van der Waals surface area contributed by atoms with Gasteiger partial charge in [-0.05, 0) is 48.5 Å². The minimum atomic E-state index is -4.59. The molecule has 0 aromatic heterocycles. The largest absolute Gasteiger partial charge is 0.508 e. The van der Waals surface area contributed by atoms with Crippen LogP contribution in [0.15, 0.2) is 48.5 Å². The quantitative estimate of drug-likeness (QED) is 0.673. The molecule has 0 aliphatic heterocycles. The van der Waals surface area contributed by atoms with E-state index in [4.69, 9.17) is 5.11 Å². The molecule has 0 radical (unpaired) electrons. The molecule has 0 saturated heterocycles. The highest BCUT2D eigenvalue weighted by Crippen LogP contribution is 2.27. The van der Waals surface area contributed by atoms with Crippen LogP contribution in [-0.2, 0) is 0 Å². The van der Waals surface area contributed by atoms with Gasteiger partial charge in [0.05, 0.1) is 0 Å². The fourth-order valence-corrected chi connectivity index (χ4v) is 1.66. The molecule has 22 heavy (non-hydrogen) atoms. The Labute approximate surface area is 122 Å². The molecule has 2 aromatic rings. The lowest BCUT2D eigenvalue weighted by atomic mass is 10.0. The monoisotopic (exact) mass is 314 g/mol. The van der Waals surface area contributed by atoms with Crippen LogP contribution in [0.1, 0.15) is 15.9 Å². The second kappa shape index (κ2) is 6.05. The maximum atomic E-state index is 12.7. The molecular weight excluding hydrogens is 304 g/mol. The molecule has 0 atom stereocenters. The van der Waals surface area contributed by atoms with Gasteiger partial charge in [-0.3, -0.25) is 4.79 Å². The van der Waals surface area contributed by atoms with Crippen LogP contribution in [0.4, 0.5) is 17.6 Å². The standard InChI is InChI=1S/C15H10F4O3/c16-14(17)15(18,19)22-12-7-3-10(4-8-12)13(21)9-1-5-11(20)6-2-9/h1-8,14,20H. The number of phenolic OH excluding ortho intramolecular Hbond substituents is 1. The summed E-state index contributed by atoms with van der Waals surface area (Å²) < 4.78 is 53.4. The SMILES string of the molecule is O=C(c1ccc(O)cc1)c1ccc(OC(F)(F)C(F)F)cc1. The summed E-state index contributed by atoms with van der Waals surface area (Å²) in [6.45, 7) is 0. The lowest BCUT2D eigenvalue weighted by Gasteiger charge is -2.16. The van der Waals surface area contributed by atoms with Gasteiger partial charge in [0.2, 0.25) is 0 Å².